The molecule has 43 heavy (non-hydrogen) atoms. The van der Waals surface area contributed by atoms with E-state index >= 15 is 0 Å². The molecule has 2 saturated carbocycles. The first-order valence-electron chi connectivity index (χ1n) is 14.5. The Morgan fingerprint density at radius 2 is 1.86 bits per heavy atom. The molecule has 3 N–H and O–H groups in total. The van der Waals surface area contributed by atoms with E-state index in [9.17, 15) is 33.3 Å². The molecule has 1 spiro atoms. The summed E-state index contributed by atoms with van der Waals surface area (Å²) < 4.78 is 31.2. The fourth-order valence-electron chi connectivity index (χ4n) is 8.53. The Kier molecular flexibility index (Phi) is 6.57. The van der Waals surface area contributed by atoms with Crippen molar-refractivity contribution in [3.8, 4) is 11.1 Å². The Morgan fingerprint density at radius 1 is 1.21 bits per heavy atom. The highest BCUT2D eigenvalue weighted by Crippen LogP contribution is 2.71. The van der Waals surface area contributed by atoms with Gasteiger partial charge in [0.15, 0.2) is 33.0 Å². The van der Waals surface area contributed by atoms with Crippen molar-refractivity contribution in [2.24, 2.45) is 41.5 Å². The molecular formula is C32H38N2O8S. The van der Waals surface area contributed by atoms with Crippen molar-refractivity contribution < 1.29 is 38.1 Å². The third kappa shape index (κ3) is 3.94. The molecule has 0 saturated heterocycles. The van der Waals surface area contributed by atoms with Gasteiger partial charge in [-0.2, -0.15) is 5.10 Å². The van der Waals surface area contributed by atoms with Gasteiger partial charge in [-0.25, -0.2) is 13.2 Å². The van der Waals surface area contributed by atoms with E-state index < -0.39 is 51.6 Å². The van der Waals surface area contributed by atoms with Gasteiger partial charge in [0, 0.05) is 24.8 Å². The van der Waals surface area contributed by atoms with Gasteiger partial charge in [0.25, 0.3) is 0 Å². The molecule has 11 heteroatoms. The lowest BCUT2D eigenvalue weighted by atomic mass is 9.59. The summed E-state index contributed by atoms with van der Waals surface area (Å²) in [5.41, 5.74) is -2.38. The first kappa shape index (κ1) is 29.9. The van der Waals surface area contributed by atoms with Crippen LogP contribution in [0.2, 0.25) is 0 Å². The molecule has 230 valence electrons. The number of rotatable bonds is 5. The minimum atomic E-state index is -3.42. The molecule has 0 radical (unpaired) electrons. The quantitative estimate of drug-likeness (QED) is 0.342. The average molecular weight is 611 g/mol. The van der Waals surface area contributed by atoms with E-state index in [-0.39, 0.29) is 45.1 Å². The largest absolute Gasteiger partial charge is 0.450 e. The summed E-state index contributed by atoms with van der Waals surface area (Å²) >= 11 is 0. The van der Waals surface area contributed by atoms with Crippen LogP contribution in [-0.2, 0) is 26.4 Å². The van der Waals surface area contributed by atoms with Crippen molar-refractivity contribution in [2.75, 3.05) is 12.9 Å². The molecule has 4 aliphatic carbocycles. The summed E-state index contributed by atoms with van der Waals surface area (Å²) in [6.07, 6.45) is 3.47. The van der Waals surface area contributed by atoms with E-state index in [2.05, 4.69) is 18.9 Å². The Balaban J connectivity index is 1.41. The Labute approximate surface area is 251 Å². The lowest BCUT2D eigenvalue weighted by molar-refractivity contribution is -0.190. The van der Waals surface area contributed by atoms with Gasteiger partial charge in [-0.1, -0.05) is 45.1 Å². The molecule has 10 nitrogen and oxygen atoms in total. The van der Waals surface area contributed by atoms with E-state index in [1.165, 1.54) is 23.0 Å². The van der Waals surface area contributed by atoms with Crippen LogP contribution < -0.4 is 0 Å². The molecule has 2 bridgehead atoms. The highest BCUT2D eigenvalue weighted by Gasteiger charge is 2.76. The van der Waals surface area contributed by atoms with Gasteiger partial charge in [-0.05, 0) is 65.4 Å². The zero-order chi connectivity index (χ0) is 31.4. The second-order valence-electron chi connectivity index (χ2n) is 13.5. The number of hydrogen-bond donors (Lipinski definition) is 3. The van der Waals surface area contributed by atoms with Crippen LogP contribution in [0.5, 0.6) is 0 Å². The van der Waals surface area contributed by atoms with Crippen LogP contribution in [0, 0.1) is 34.5 Å². The van der Waals surface area contributed by atoms with Crippen molar-refractivity contribution in [2.45, 2.75) is 56.8 Å². The molecule has 8 atom stereocenters. The monoisotopic (exact) mass is 610 g/mol. The second-order valence-corrected chi connectivity index (χ2v) is 15.5. The van der Waals surface area contributed by atoms with Gasteiger partial charge in [0.1, 0.15) is 6.10 Å². The van der Waals surface area contributed by atoms with Crippen molar-refractivity contribution in [3.05, 3.63) is 59.5 Å². The summed E-state index contributed by atoms with van der Waals surface area (Å²) in [7, 11) is -1.87. The number of ether oxygens (including phenoxy) is 1. The van der Waals surface area contributed by atoms with Crippen molar-refractivity contribution in [3.63, 3.8) is 0 Å². The number of sulfone groups is 1. The minimum absolute atomic E-state index is 0.0133. The number of allylic oxidation sites excluding steroid dienone is 1. The Bertz CT molecular complexity index is 1700. The molecule has 1 aromatic carbocycles. The average Bonchev–Trinajstić information content (AvgIpc) is 3.20. The minimum Gasteiger partial charge on any atom is -0.450 e. The first-order valence-corrected chi connectivity index (χ1v) is 16.4. The fourth-order valence-corrected chi connectivity index (χ4v) is 9.16. The third-order valence-corrected chi connectivity index (χ3v) is 12.0. The SMILES string of the molecule is CC1=CC23C(=O)[C@@H](C=C(CO)[C@@H](O)[C@]2(O)[C@H]1OC(=O)c1c(-c2ccc(S(C)(=O)=O)cc2)cnn1C)[C@H]1[C@@H](CC3C)C1(C)C. The number of fused-ring (bicyclic) bond motifs is 3. The van der Waals surface area contributed by atoms with E-state index in [1.807, 2.05) is 6.92 Å². The van der Waals surface area contributed by atoms with Crippen LogP contribution in [0.4, 0.5) is 0 Å². The van der Waals surface area contributed by atoms with Crippen LogP contribution in [0.15, 0.2) is 58.7 Å². The van der Waals surface area contributed by atoms with Crippen molar-refractivity contribution in [1.82, 2.24) is 9.78 Å². The van der Waals surface area contributed by atoms with Gasteiger partial charge in [0.2, 0.25) is 0 Å². The highest BCUT2D eigenvalue weighted by atomic mass is 32.2. The summed E-state index contributed by atoms with van der Waals surface area (Å²) in [5.74, 6) is -1.82. The molecular weight excluding hydrogens is 572 g/mol. The topological polar surface area (TPSA) is 156 Å². The van der Waals surface area contributed by atoms with Crippen LogP contribution in [0.3, 0.4) is 0 Å². The number of Topliss-reactive ketones (excluding diaryl/α,β-unsaturated/α-hetero) is 1. The molecule has 0 amide bonds. The predicted octanol–water partition coefficient (Wildman–Crippen LogP) is 2.48. The number of aliphatic hydroxyl groups excluding tert-OH is 2. The van der Waals surface area contributed by atoms with Crippen molar-refractivity contribution in [1.29, 1.82) is 0 Å². The van der Waals surface area contributed by atoms with Gasteiger partial charge in [-0.3, -0.25) is 9.48 Å². The number of aryl methyl sites for hydroxylation is 1. The molecule has 0 aliphatic heterocycles. The maximum Gasteiger partial charge on any atom is 0.357 e. The number of ketones is 1. The summed E-state index contributed by atoms with van der Waals surface area (Å²) in [4.78, 5) is 28.6. The fraction of sp³-hybridized carbons (Fsp3) is 0.531. The van der Waals surface area contributed by atoms with E-state index in [4.69, 9.17) is 4.74 Å². The Hall–Kier alpha value is -3.12. The van der Waals surface area contributed by atoms with Crippen LogP contribution >= 0.6 is 0 Å². The molecule has 4 aliphatic rings. The molecule has 1 aromatic heterocycles. The maximum absolute atomic E-state index is 14.6. The molecule has 2 fully saturated rings. The molecule has 2 aromatic rings. The standard InChI is InChI=1S/C32H38N2O8S/c1-16-13-31-17(2)11-23-24(30(23,3)4)21(27(31)37)12-19(15-35)26(36)32(31,39)28(16)42-29(38)25-22(14-33-34(25)5)18-7-9-20(10-8-18)43(6,40)41/h7-10,12-14,17,21,23-24,26,28,35-36,39H,11,15H2,1-6H3/t17?,21-,23+,24-,26+,28-,31?,32-/m0/s1. The van der Waals surface area contributed by atoms with Crippen molar-refractivity contribution >= 4 is 21.6 Å². The number of aliphatic hydroxyl groups is 3. The number of esters is 1. The van der Waals surface area contributed by atoms with Crippen LogP contribution in [0.25, 0.3) is 11.1 Å². The summed E-state index contributed by atoms with van der Waals surface area (Å²) in [6.45, 7) is 7.26. The van der Waals surface area contributed by atoms with Crippen LogP contribution in [-0.4, -0.2) is 75.9 Å². The summed E-state index contributed by atoms with van der Waals surface area (Å²) in [6, 6.07) is 6.02. The lowest BCUT2D eigenvalue weighted by Gasteiger charge is -2.48. The summed E-state index contributed by atoms with van der Waals surface area (Å²) in [5, 5.41) is 39.0. The van der Waals surface area contributed by atoms with Gasteiger partial charge >= 0.3 is 5.97 Å². The van der Waals surface area contributed by atoms with Crippen LogP contribution in [0.1, 0.15) is 44.6 Å². The number of carbonyl (C=O) groups is 2. The predicted molar refractivity (Wildman–Crippen MR) is 156 cm³/mol. The number of aromatic nitrogens is 2. The van der Waals surface area contributed by atoms with Gasteiger partial charge in [-0.15, -0.1) is 0 Å². The van der Waals surface area contributed by atoms with E-state index in [0.717, 1.165) is 6.26 Å². The Morgan fingerprint density at radius 3 is 2.47 bits per heavy atom. The number of hydrogen-bond acceptors (Lipinski definition) is 9. The van der Waals surface area contributed by atoms with E-state index in [0.29, 0.717) is 23.1 Å². The van der Waals surface area contributed by atoms with E-state index in [1.54, 1.807) is 38.3 Å². The normalized spacial score (nSPS) is 36.1. The maximum atomic E-state index is 14.6. The number of carbonyl (C=O) groups excluding carboxylic acids is 2. The molecule has 6 rings (SSSR count). The lowest BCUT2D eigenvalue weighted by Crippen LogP contribution is -2.65. The number of benzene rings is 1. The highest BCUT2D eigenvalue weighted by molar-refractivity contribution is 7.90. The number of nitrogens with zero attached hydrogens (tertiary/aromatic N) is 2. The third-order valence-electron chi connectivity index (χ3n) is 10.8. The zero-order valence-electron chi connectivity index (χ0n) is 25.1. The molecule has 2 unspecified atom stereocenters. The molecule has 1 heterocycles. The van der Waals surface area contributed by atoms with Gasteiger partial charge in [0.05, 0.1) is 23.1 Å². The zero-order valence-corrected chi connectivity index (χ0v) is 25.9. The first-order chi connectivity index (χ1) is 20.0. The van der Waals surface area contributed by atoms with Gasteiger partial charge < -0.3 is 20.1 Å². The second kappa shape index (κ2) is 9.44. The smallest absolute Gasteiger partial charge is 0.357 e.